The number of esters is 1. The van der Waals surface area contributed by atoms with Gasteiger partial charge in [0.15, 0.2) is 5.69 Å². The van der Waals surface area contributed by atoms with Gasteiger partial charge in [-0.1, -0.05) is 36.4 Å². The molecule has 0 aliphatic heterocycles. The van der Waals surface area contributed by atoms with Crippen LogP contribution in [-0.4, -0.2) is 27.2 Å². The van der Waals surface area contributed by atoms with Crippen LogP contribution in [0.1, 0.15) is 10.5 Å². The van der Waals surface area contributed by atoms with Gasteiger partial charge in [-0.2, -0.15) is 0 Å². The zero-order valence-electron chi connectivity index (χ0n) is 15.9. The van der Waals surface area contributed by atoms with Crippen LogP contribution in [0.4, 0.5) is 0 Å². The van der Waals surface area contributed by atoms with Gasteiger partial charge in [-0.3, -0.25) is 0 Å². The number of aromatic nitrogens is 3. The average molecular weight is 369 g/mol. The summed E-state index contributed by atoms with van der Waals surface area (Å²) in [6.07, 6.45) is 0. The molecule has 0 bridgehead atoms. The highest BCUT2D eigenvalue weighted by Crippen LogP contribution is 2.37. The number of pyridine rings is 1. The lowest BCUT2D eigenvalue weighted by Crippen LogP contribution is -2.06. The first-order valence-electron chi connectivity index (χ1n) is 9.11. The van der Waals surface area contributed by atoms with E-state index in [4.69, 9.17) is 9.72 Å². The van der Waals surface area contributed by atoms with Crippen molar-refractivity contribution in [3.63, 3.8) is 0 Å². The molecule has 0 saturated carbocycles. The van der Waals surface area contributed by atoms with Crippen LogP contribution in [0, 0.1) is 0 Å². The number of benzene rings is 2. The first-order valence-corrected chi connectivity index (χ1v) is 9.11. The summed E-state index contributed by atoms with van der Waals surface area (Å²) in [4.78, 5) is 17.1. The Labute approximate surface area is 161 Å². The first kappa shape index (κ1) is 16.6. The van der Waals surface area contributed by atoms with E-state index in [2.05, 4.69) is 39.5 Å². The maximum absolute atomic E-state index is 12.3. The maximum atomic E-state index is 12.3. The van der Waals surface area contributed by atoms with Gasteiger partial charge in [0.2, 0.25) is 0 Å². The molecule has 0 radical (unpaired) electrons. The number of aryl methyl sites for hydroxylation is 2. The van der Waals surface area contributed by atoms with Crippen molar-refractivity contribution >= 4 is 38.7 Å². The van der Waals surface area contributed by atoms with Gasteiger partial charge in [-0.05, 0) is 24.3 Å². The normalized spacial score (nSPS) is 11.5. The quantitative estimate of drug-likeness (QED) is 0.425. The Morgan fingerprint density at radius 3 is 2.36 bits per heavy atom. The van der Waals surface area contributed by atoms with Crippen LogP contribution < -0.4 is 0 Å². The number of para-hydroxylation sites is 2. The third-order valence-corrected chi connectivity index (χ3v) is 5.48. The van der Waals surface area contributed by atoms with Crippen LogP contribution in [0.2, 0.25) is 0 Å². The van der Waals surface area contributed by atoms with Crippen molar-refractivity contribution in [1.82, 2.24) is 14.1 Å². The molecule has 3 aromatic heterocycles. The van der Waals surface area contributed by atoms with Gasteiger partial charge in [0.1, 0.15) is 0 Å². The molecule has 0 aliphatic carbocycles. The Bertz CT molecular complexity index is 1390. The molecule has 0 fully saturated rings. The third kappa shape index (κ3) is 2.19. The van der Waals surface area contributed by atoms with Gasteiger partial charge >= 0.3 is 5.97 Å². The predicted octanol–water partition coefficient (Wildman–Crippen LogP) is 4.67. The molecule has 28 heavy (non-hydrogen) atoms. The average Bonchev–Trinajstić information content (AvgIpc) is 3.22. The number of hydrogen-bond acceptors (Lipinski definition) is 3. The molecule has 3 heterocycles. The van der Waals surface area contributed by atoms with Gasteiger partial charge in [0.05, 0.1) is 24.0 Å². The number of ether oxygens (including phenoxy) is 1. The predicted molar refractivity (Wildman–Crippen MR) is 111 cm³/mol. The van der Waals surface area contributed by atoms with Crippen molar-refractivity contribution in [2.24, 2.45) is 14.1 Å². The van der Waals surface area contributed by atoms with E-state index < -0.39 is 5.97 Å². The number of methoxy groups -OCH3 is 1. The molecule has 0 spiro atoms. The number of hydrogen-bond donors (Lipinski definition) is 0. The van der Waals surface area contributed by atoms with Gasteiger partial charge in [-0.15, -0.1) is 0 Å². The summed E-state index contributed by atoms with van der Waals surface area (Å²) in [5, 5.41) is 3.29. The van der Waals surface area contributed by atoms with Crippen LogP contribution >= 0.6 is 0 Å². The van der Waals surface area contributed by atoms with E-state index in [1.54, 1.807) is 0 Å². The Balaban J connectivity index is 1.97. The van der Waals surface area contributed by atoms with Crippen LogP contribution in [0.15, 0.2) is 60.7 Å². The highest BCUT2D eigenvalue weighted by atomic mass is 16.5. The highest BCUT2D eigenvalue weighted by Gasteiger charge is 2.21. The minimum atomic E-state index is -0.438. The molecule has 2 aromatic carbocycles. The maximum Gasteiger partial charge on any atom is 0.356 e. The topological polar surface area (TPSA) is 49.1 Å². The number of nitrogens with zero attached hydrogens (tertiary/aromatic N) is 3. The molecule has 0 N–H and O–H groups in total. The fourth-order valence-electron chi connectivity index (χ4n) is 4.08. The lowest BCUT2D eigenvalue weighted by Gasteiger charge is -2.09. The second-order valence-corrected chi connectivity index (χ2v) is 6.97. The van der Waals surface area contributed by atoms with Crippen molar-refractivity contribution < 1.29 is 9.53 Å². The third-order valence-electron chi connectivity index (χ3n) is 5.48. The molecular weight excluding hydrogens is 350 g/mol. The molecular formula is C23H19N3O2. The number of fused-ring (bicyclic) bond motifs is 4. The Hall–Kier alpha value is -3.60. The summed E-state index contributed by atoms with van der Waals surface area (Å²) in [6.45, 7) is 0. The summed E-state index contributed by atoms with van der Waals surface area (Å²) >= 11 is 0. The van der Waals surface area contributed by atoms with E-state index in [0.29, 0.717) is 5.69 Å². The summed E-state index contributed by atoms with van der Waals surface area (Å²) in [7, 11) is 5.42. The monoisotopic (exact) mass is 369 g/mol. The van der Waals surface area contributed by atoms with Gasteiger partial charge in [-0.25, -0.2) is 9.78 Å². The van der Waals surface area contributed by atoms with E-state index in [1.807, 2.05) is 44.4 Å². The summed E-state index contributed by atoms with van der Waals surface area (Å²) < 4.78 is 9.19. The smallest absolute Gasteiger partial charge is 0.356 e. The number of carbonyl (C=O) groups is 1. The molecule has 0 amide bonds. The van der Waals surface area contributed by atoms with Crippen LogP contribution in [0.3, 0.4) is 0 Å². The van der Waals surface area contributed by atoms with Gasteiger partial charge in [0, 0.05) is 41.3 Å². The van der Waals surface area contributed by atoms with Gasteiger partial charge in [0.25, 0.3) is 0 Å². The molecule has 0 saturated heterocycles. The fraction of sp³-hybridized carbons (Fsp3) is 0.130. The molecule has 138 valence electrons. The molecule has 5 heteroatoms. The van der Waals surface area contributed by atoms with E-state index in [-0.39, 0.29) is 0 Å². The zero-order chi connectivity index (χ0) is 19.4. The first-order chi connectivity index (χ1) is 13.6. The molecule has 0 unspecified atom stereocenters. The van der Waals surface area contributed by atoms with Crippen molar-refractivity contribution in [3.8, 4) is 11.4 Å². The highest BCUT2D eigenvalue weighted by molar-refractivity contribution is 6.15. The number of rotatable bonds is 2. The van der Waals surface area contributed by atoms with Crippen LogP contribution in [0.5, 0.6) is 0 Å². The molecule has 0 atom stereocenters. The lowest BCUT2D eigenvalue weighted by atomic mass is 10.1. The van der Waals surface area contributed by atoms with Crippen LogP contribution in [-0.2, 0) is 18.8 Å². The van der Waals surface area contributed by atoms with Crippen molar-refractivity contribution in [1.29, 1.82) is 0 Å². The van der Waals surface area contributed by atoms with E-state index in [9.17, 15) is 4.79 Å². The van der Waals surface area contributed by atoms with E-state index >= 15 is 0 Å². The molecule has 5 nitrogen and oxygen atoms in total. The minimum absolute atomic E-state index is 0.307. The van der Waals surface area contributed by atoms with E-state index in [0.717, 1.165) is 44.1 Å². The van der Waals surface area contributed by atoms with Gasteiger partial charge < -0.3 is 13.9 Å². The SMILES string of the molecule is COC(=O)c1cc2c(c(-c3cc4ccccc4n3C)n1)c1ccccc1n2C. The second-order valence-electron chi connectivity index (χ2n) is 6.97. The second kappa shape index (κ2) is 5.96. The Morgan fingerprint density at radius 2 is 1.61 bits per heavy atom. The number of carbonyl (C=O) groups excluding carboxylic acids is 1. The van der Waals surface area contributed by atoms with Crippen molar-refractivity contribution in [2.45, 2.75) is 0 Å². The van der Waals surface area contributed by atoms with Crippen LogP contribution in [0.25, 0.3) is 44.1 Å². The fourth-order valence-corrected chi connectivity index (χ4v) is 4.08. The standard InChI is InChI=1S/C23H19N3O2/c1-25-17-10-6-4-8-14(17)12-20(25)22-21-15-9-5-7-11-18(15)26(2)19(21)13-16(24-22)23(27)28-3/h4-13H,1-3H3. The molecule has 5 rings (SSSR count). The zero-order valence-corrected chi connectivity index (χ0v) is 15.9. The van der Waals surface area contributed by atoms with Crippen molar-refractivity contribution in [3.05, 3.63) is 66.4 Å². The summed E-state index contributed by atoms with van der Waals surface area (Å²) in [6, 6.07) is 20.4. The Kier molecular flexibility index (Phi) is 3.52. The lowest BCUT2D eigenvalue weighted by molar-refractivity contribution is 0.0594. The summed E-state index contributed by atoms with van der Waals surface area (Å²) in [5.74, 6) is -0.438. The Morgan fingerprint density at radius 1 is 0.893 bits per heavy atom. The summed E-state index contributed by atoms with van der Waals surface area (Å²) in [5.41, 5.74) is 5.23. The largest absolute Gasteiger partial charge is 0.464 e. The van der Waals surface area contributed by atoms with E-state index in [1.165, 1.54) is 7.11 Å². The minimum Gasteiger partial charge on any atom is -0.464 e. The molecule has 0 aliphatic rings. The van der Waals surface area contributed by atoms with Crippen molar-refractivity contribution in [2.75, 3.05) is 7.11 Å². The molecule has 5 aromatic rings.